The second-order valence-corrected chi connectivity index (χ2v) is 1.34. The van der Waals surface area contributed by atoms with E-state index in [1.165, 1.54) is 0 Å². The van der Waals surface area contributed by atoms with E-state index in [1.54, 1.807) is 24.3 Å². The van der Waals surface area contributed by atoms with Gasteiger partial charge < -0.3 is 5.11 Å². The molecule has 0 spiro atoms. The van der Waals surface area contributed by atoms with Crippen molar-refractivity contribution in [2.75, 3.05) is 0 Å². The van der Waals surface area contributed by atoms with Gasteiger partial charge in [-0.1, -0.05) is 18.2 Å². The Labute approximate surface area is 79.6 Å². The first-order chi connectivity index (χ1) is 3.39. The van der Waals surface area contributed by atoms with Crippen LogP contribution < -0.4 is 0 Å². The van der Waals surface area contributed by atoms with E-state index in [0.29, 0.717) is 5.75 Å². The number of rotatable bonds is 0. The molecule has 0 aliphatic carbocycles. The molecule has 0 unspecified atom stereocenters. The molecule has 48 valence electrons. The number of hydrogen-bond donors (Lipinski definition) is 1. The second kappa shape index (κ2) is 6.32. The summed E-state index contributed by atoms with van der Waals surface area (Å²) >= 11 is 0. The van der Waals surface area contributed by atoms with Crippen molar-refractivity contribution < 1.29 is 31.3 Å². The molecular formula is C6H7ClOZr. The predicted octanol–water partition coefficient (Wildman–Crippen LogP) is 1.81. The van der Waals surface area contributed by atoms with Gasteiger partial charge in [0.15, 0.2) is 0 Å². The van der Waals surface area contributed by atoms with Gasteiger partial charge in [0.1, 0.15) is 5.75 Å². The van der Waals surface area contributed by atoms with Crippen LogP contribution in [0.3, 0.4) is 0 Å². The standard InChI is InChI=1S/C6H6O.ClH.Zr/c7-6-4-2-1-3-5-6;;/h1-5,7H;1H;. The third-order valence-electron chi connectivity index (χ3n) is 0.756. The third kappa shape index (κ3) is 4.68. The Balaban J connectivity index is 0. The van der Waals surface area contributed by atoms with E-state index in [1.807, 2.05) is 6.07 Å². The average molecular weight is 222 g/mol. The largest absolute Gasteiger partial charge is 0.508 e. The van der Waals surface area contributed by atoms with Gasteiger partial charge in [-0.3, -0.25) is 0 Å². The maximum Gasteiger partial charge on any atom is 0.115 e. The molecule has 9 heavy (non-hydrogen) atoms. The molecule has 0 bridgehead atoms. The number of benzene rings is 1. The Morgan fingerprint density at radius 1 is 1.00 bits per heavy atom. The Kier molecular flexibility index (Phi) is 8.37. The van der Waals surface area contributed by atoms with Crippen LogP contribution in [0.25, 0.3) is 0 Å². The van der Waals surface area contributed by atoms with E-state index in [4.69, 9.17) is 5.11 Å². The van der Waals surface area contributed by atoms with Crippen LogP contribution in [0.15, 0.2) is 30.3 Å². The number of phenolic OH excluding ortho intramolecular Hbond substituents is 1. The maximum atomic E-state index is 8.63. The fourth-order valence-electron chi connectivity index (χ4n) is 0.428. The van der Waals surface area contributed by atoms with Gasteiger partial charge in [-0.25, -0.2) is 0 Å². The molecule has 0 amide bonds. The molecule has 0 aliphatic rings. The first kappa shape index (κ1) is 11.9. The minimum absolute atomic E-state index is 0. The molecule has 0 atom stereocenters. The number of halogens is 1. The molecule has 0 heterocycles. The molecule has 0 saturated heterocycles. The minimum atomic E-state index is 0. The topological polar surface area (TPSA) is 20.2 Å². The zero-order chi connectivity index (χ0) is 5.11. The Hall–Kier alpha value is 0.193. The SMILES string of the molecule is Cl.Oc1ccccc1.[Zr]. The predicted molar refractivity (Wildman–Crippen MR) is 35.4 cm³/mol. The normalized spacial score (nSPS) is 6.67. The molecular weight excluding hydrogens is 215 g/mol. The fourth-order valence-corrected chi connectivity index (χ4v) is 0.428. The molecule has 1 nitrogen and oxygen atoms in total. The number of phenols is 1. The zero-order valence-corrected chi connectivity index (χ0v) is 8.02. The summed E-state index contributed by atoms with van der Waals surface area (Å²) in [5.41, 5.74) is 0. The van der Waals surface area contributed by atoms with Crippen molar-refractivity contribution in [2.45, 2.75) is 0 Å². The molecule has 1 aromatic rings. The van der Waals surface area contributed by atoms with Gasteiger partial charge in [0, 0.05) is 26.2 Å². The summed E-state index contributed by atoms with van der Waals surface area (Å²) in [5, 5.41) is 8.63. The van der Waals surface area contributed by atoms with E-state index >= 15 is 0 Å². The smallest absolute Gasteiger partial charge is 0.115 e. The molecule has 0 saturated carbocycles. The zero-order valence-electron chi connectivity index (χ0n) is 4.74. The molecule has 0 fully saturated rings. The van der Waals surface area contributed by atoms with Crippen molar-refractivity contribution in [3.8, 4) is 5.75 Å². The molecule has 1 aromatic carbocycles. The van der Waals surface area contributed by atoms with E-state index in [2.05, 4.69) is 0 Å². The van der Waals surface area contributed by atoms with Gasteiger partial charge in [0.2, 0.25) is 0 Å². The van der Waals surface area contributed by atoms with Crippen LogP contribution in [0.2, 0.25) is 0 Å². The number of aromatic hydroxyl groups is 1. The first-order valence-electron chi connectivity index (χ1n) is 2.13. The Morgan fingerprint density at radius 3 is 1.67 bits per heavy atom. The average Bonchev–Trinajstić information content (AvgIpc) is 1.69. The van der Waals surface area contributed by atoms with Crippen molar-refractivity contribution in [1.82, 2.24) is 0 Å². The second-order valence-electron chi connectivity index (χ2n) is 1.34. The Bertz CT molecular complexity index is 143. The van der Waals surface area contributed by atoms with Crippen LogP contribution >= 0.6 is 12.4 Å². The number of hydrogen-bond acceptors (Lipinski definition) is 1. The summed E-state index contributed by atoms with van der Waals surface area (Å²) in [6.07, 6.45) is 0. The summed E-state index contributed by atoms with van der Waals surface area (Å²) in [6, 6.07) is 8.71. The van der Waals surface area contributed by atoms with Crippen LogP contribution in [0.1, 0.15) is 0 Å². The van der Waals surface area contributed by atoms with Gasteiger partial charge in [-0.2, -0.15) is 0 Å². The van der Waals surface area contributed by atoms with Gasteiger partial charge in [0.05, 0.1) is 0 Å². The van der Waals surface area contributed by atoms with Gasteiger partial charge in [-0.15, -0.1) is 12.4 Å². The summed E-state index contributed by atoms with van der Waals surface area (Å²) in [7, 11) is 0. The quantitative estimate of drug-likeness (QED) is 0.709. The first-order valence-corrected chi connectivity index (χ1v) is 2.13. The molecule has 1 N–H and O–H groups in total. The van der Waals surface area contributed by atoms with Crippen molar-refractivity contribution in [3.05, 3.63) is 30.3 Å². The molecule has 1 rings (SSSR count). The van der Waals surface area contributed by atoms with E-state index in [9.17, 15) is 0 Å². The van der Waals surface area contributed by atoms with Crippen LogP contribution in [0.5, 0.6) is 5.75 Å². The van der Waals surface area contributed by atoms with Crippen molar-refractivity contribution in [1.29, 1.82) is 0 Å². The molecule has 0 aromatic heterocycles. The summed E-state index contributed by atoms with van der Waals surface area (Å²) < 4.78 is 0. The number of para-hydroxylation sites is 1. The van der Waals surface area contributed by atoms with E-state index in [0.717, 1.165) is 0 Å². The van der Waals surface area contributed by atoms with Crippen LogP contribution in [0.4, 0.5) is 0 Å². The molecule has 3 heteroatoms. The summed E-state index contributed by atoms with van der Waals surface area (Å²) in [6.45, 7) is 0. The monoisotopic (exact) mass is 220 g/mol. The van der Waals surface area contributed by atoms with E-state index in [-0.39, 0.29) is 38.6 Å². The fraction of sp³-hybridized carbons (Fsp3) is 0. The van der Waals surface area contributed by atoms with Crippen molar-refractivity contribution >= 4 is 12.4 Å². The van der Waals surface area contributed by atoms with Crippen LogP contribution in [-0.4, -0.2) is 5.11 Å². The maximum absolute atomic E-state index is 8.63. The summed E-state index contributed by atoms with van der Waals surface area (Å²) in [4.78, 5) is 0. The molecule has 0 radical (unpaired) electrons. The van der Waals surface area contributed by atoms with Gasteiger partial charge in [-0.05, 0) is 12.1 Å². The van der Waals surface area contributed by atoms with Gasteiger partial charge >= 0.3 is 0 Å². The Morgan fingerprint density at radius 2 is 1.44 bits per heavy atom. The van der Waals surface area contributed by atoms with Gasteiger partial charge in [0.25, 0.3) is 0 Å². The summed E-state index contributed by atoms with van der Waals surface area (Å²) in [5.74, 6) is 0.322. The van der Waals surface area contributed by atoms with Crippen LogP contribution in [0, 0.1) is 0 Å². The molecule has 0 aliphatic heterocycles. The third-order valence-corrected chi connectivity index (χ3v) is 0.756. The van der Waals surface area contributed by atoms with Crippen molar-refractivity contribution in [2.24, 2.45) is 0 Å². The van der Waals surface area contributed by atoms with Crippen molar-refractivity contribution in [3.63, 3.8) is 0 Å². The minimum Gasteiger partial charge on any atom is -0.508 e. The van der Waals surface area contributed by atoms with Crippen LogP contribution in [-0.2, 0) is 26.2 Å². The van der Waals surface area contributed by atoms with E-state index < -0.39 is 0 Å².